The van der Waals surface area contributed by atoms with Crippen molar-refractivity contribution < 1.29 is 28.8 Å². The Labute approximate surface area is 95.4 Å². The van der Waals surface area contributed by atoms with Crippen LogP contribution in [0.15, 0.2) is 0 Å². The smallest absolute Gasteiger partial charge is 0.186 e. The molecule has 1 aliphatic heterocycles. The average molecular weight is 236 g/mol. The maximum Gasteiger partial charge on any atom is 0.186 e. The molecule has 0 saturated carbocycles. The second-order valence-corrected chi connectivity index (χ2v) is 3.63. The van der Waals surface area contributed by atoms with Gasteiger partial charge in [-0.05, 0) is 0 Å². The van der Waals surface area contributed by atoms with E-state index in [1.54, 1.807) is 14.2 Å². The van der Waals surface area contributed by atoms with Gasteiger partial charge in [0.1, 0.15) is 24.4 Å². The largest absolute Gasteiger partial charge is 0.385 e. The van der Waals surface area contributed by atoms with E-state index in [9.17, 15) is 5.11 Å². The van der Waals surface area contributed by atoms with Crippen molar-refractivity contribution >= 4 is 0 Å². The Hall–Kier alpha value is -0.240. The highest BCUT2D eigenvalue weighted by Gasteiger charge is 2.46. The molecule has 6 nitrogen and oxygen atoms in total. The van der Waals surface area contributed by atoms with Crippen LogP contribution in [-0.2, 0) is 23.7 Å². The van der Waals surface area contributed by atoms with Gasteiger partial charge in [0.15, 0.2) is 6.29 Å². The van der Waals surface area contributed by atoms with Gasteiger partial charge in [-0.2, -0.15) is 0 Å². The van der Waals surface area contributed by atoms with E-state index in [0.717, 1.165) is 0 Å². The third-order valence-electron chi connectivity index (χ3n) is 2.72. The number of ether oxygens (including phenoxy) is 5. The van der Waals surface area contributed by atoms with Gasteiger partial charge >= 0.3 is 0 Å². The first-order valence-electron chi connectivity index (χ1n) is 5.10. The van der Waals surface area contributed by atoms with Crippen LogP contribution in [0.2, 0.25) is 0 Å². The molecule has 0 aliphatic carbocycles. The molecule has 1 saturated heterocycles. The molecule has 1 aliphatic rings. The minimum Gasteiger partial charge on any atom is -0.385 e. The zero-order chi connectivity index (χ0) is 12.1. The Kier molecular flexibility index (Phi) is 5.60. The maximum absolute atomic E-state index is 9.92. The van der Waals surface area contributed by atoms with Crippen LogP contribution in [0.3, 0.4) is 0 Å². The summed E-state index contributed by atoms with van der Waals surface area (Å²) in [7, 11) is 6.10. The molecule has 0 radical (unpaired) electrons. The van der Waals surface area contributed by atoms with E-state index in [-0.39, 0.29) is 12.2 Å². The lowest BCUT2D eigenvalue weighted by atomic mass is 9.99. The molecular formula is C10H20O6. The Morgan fingerprint density at radius 1 is 1.00 bits per heavy atom. The summed E-state index contributed by atoms with van der Waals surface area (Å²) in [5, 5.41) is 9.92. The van der Waals surface area contributed by atoms with Crippen LogP contribution in [0.4, 0.5) is 0 Å². The van der Waals surface area contributed by atoms with E-state index in [4.69, 9.17) is 23.7 Å². The van der Waals surface area contributed by atoms with Gasteiger partial charge in [-0.25, -0.2) is 0 Å². The van der Waals surface area contributed by atoms with Crippen LogP contribution < -0.4 is 0 Å². The van der Waals surface area contributed by atoms with Gasteiger partial charge in [-0.1, -0.05) is 0 Å². The van der Waals surface area contributed by atoms with Crippen LogP contribution in [-0.4, -0.2) is 70.9 Å². The Balaban J connectivity index is 2.77. The van der Waals surface area contributed by atoms with Gasteiger partial charge in [-0.15, -0.1) is 0 Å². The van der Waals surface area contributed by atoms with Crippen LogP contribution in [0, 0.1) is 0 Å². The molecule has 2 unspecified atom stereocenters. The Morgan fingerprint density at radius 3 is 2.06 bits per heavy atom. The monoisotopic (exact) mass is 236 g/mol. The lowest BCUT2D eigenvalue weighted by Gasteiger charge is -2.42. The molecule has 1 N–H and O–H groups in total. The first-order valence-corrected chi connectivity index (χ1v) is 5.10. The summed E-state index contributed by atoms with van der Waals surface area (Å²) in [6.07, 6.45) is -2.81. The summed E-state index contributed by atoms with van der Waals surface area (Å²) in [6, 6.07) is 0. The highest BCUT2D eigenvalue weighted by Crippen LogP contribution is 2.25. The normalized spacial score (nSPS) is 39.9. The quantitative estimate of drug-likeness (QED) is 0.687. The zero-order valence-electron chi connectivity index (χ0n) is 10.1. The number of hydrogen-bond donors (Lipinski definition) is 1. The summed E-state index contributed by atoms with van der Waals surface area (Å²) >= 11 is 0. The minimum atomic E-state index is -0.881. The third-order valence-corrected chi connectivity index (χ3v) is 2.72. The van der Waals surface area contributed by atoms with E-state index in [1.807, 2.05) is 0 Å². The number of methoxy groups -OCH3 is 4. The van der Waals surface area contributed by atoms with Crippen molar-refractivity contribution in [2.24, 2.45) is 0 Å². The predicted molar refractivity (Wildman–Crippen MR) is 55.1 cm³/mol. The predicted octanol–water partition coefficient (Wildman–Crippen LogP) is -0.605. The SMILES string of the molecule is COCC1O[C@@H](OC)C(O)[C@@H](OC)[C@H]1OC. The summed E-state index contributed by atoms with van der Waals surface area (Å²) in [5.74, 6) is 0. The van der Waals surface area contributed by atoms with Gasteiger partial charge < -0.3 is 28.8 Å². The van der Waals surface area contributed by atoms with Crippen molar-refractivity contribution in [3.8, 4) is 0 Å². The summed E-state index contributed by atoms with van der Waals surface area (Å²) in [6.45, 7) is 0.352. The maximum atomic E-state index is 9.92. The molecule has 0 aromatic rings. The lowest BCUT2D eigenvalue weighted by Crippen LogP contribution is -2.60. The van der Waals surface area contributed by atoms with Crippen molar-refractivity contribution in [1.82, 2.24) is 0 Å². The molecule has 0 amide bonds. The fraction of sp³-hybridized carbons (Fsp3) is 1.00. The van der Waals surface area contributed by atoms with Gasteiger partial charge in [0, 0.05) is 28.4 Å². The Bertz CT molecular complexity index is 196. The van der Waals surface area contributed by atoms with Crippen LogP contribution >= 0.6 is 0 Å². The van der Waals surface area contributed by atoms with E-state index in [0.29, 0.717) is 6.61 Å². The first-order chi connectivity index (χ1) is 7.69. The fourth-order valence-electron chi connectivity index (χ4n) is 1.94. The minimum absolute atomic E-state index is 0.326. The molecule has 1 rings (SSSR count). The second kappa shape index (κ2) is 6.48. The van der Waals surface area contributed by atoms with E-state index < -0.39 is 18.5 Å². The van der Waals surface area contributed by atoms with Crippen molar-refractivity contribution in [2.45, 2.75) is 30.7 Å². The van der Waals surface area contributed by atoms with Gasteiger partial charge in [0.2, 0.25) is 0 Å². The molecule has 0 spiro atoms. The second-order valence-electron chi connectivity index (χ2n) is 3.63. The summed E-state index contributed by atoms with van der Waals surface area (Å²) in [4.78, 5) is 0. The van der Waals surface area contributed by atoms with Crippen molar-refractivity contribution in [3.63, 3.8) is 0 Å². The number of rotatable bonds is 5. The zero-order valence-corrected chi connectivity index (χ0v) is 10.1. The van der Waals surface area contributed by atoms with Crippen LogP contribution in [0.5, 0.6) is 0 Å². The number of hydrogen-bond acceptors (Lipinski definition) is 6. The fourth-order valence-corrected chi connectivity index (χ4v) is 1.94. The number of aliphatic hydroxyl groups is 1. The molecule has 1 heterocycles. The van der Waals surface area contributed by atoms with Crippen molar-refractivity contribution in [1.29, 1.82) is 0 Å². The molecule has 5 atom stereocenters. The summed E-state index contributed by atoms with van der Waals surface area (Å²) in [5.41, 5.74) is 0. The van der Waals surface area contributed by atoms with Gasteiger partial charge in [0.05, 0.1) is 6.61 Å². The van der Waals surface area contributed by atoms with Crippen LogP contribution in [0.25, 0.3) is 0 Å². The Morgan fingerprint density at radius 2 is 1.62 bits per heavy atom. The third kappa shape index (κ3) is 2.71. The van der Waals surface area contributed by atoms with E-state index in [1.165, 1.54) is 14.2 Å². The standard InChI is InChI=1S/C10H20O6/c1-12-5-6-8(13-2)9(14-3)7(11)10(15-4)16-6/h6-11H,5H2,1-4H3/t6?,7?,8-,9+,10+/m0/s1. The molecule has 0 aromatic carbocycles. The molecule has 6 heteroatoms. The molecule has 0 bridgehead atoms. The number of aliphatic hydroxyl groups excluding tert-OH is 1. The molecule has 96 valence electrons. The molecule has 0 aromatic heterocycles. The van der Waals surface area contributed by atoms with Gasteiger partial charge in [0.25, 0.3) is 0 Å². The first kappa shape index (κ1) is 13.8. The van der Waals surface area contributed by atoms with Crippen molar-refractivity contribution in [2.75, 3.05) is 35.0 Å². The topological polar surface area (TPSA) is 66.4 Å². The van der Waals surface area contributed by atoms with Gasteiger partial charge in [-0.3, -0.25) is 0 Å². The molecule has 1 fully saturated rings. The highest BCUT2D eigenvalue weighted by atomic mass is 16.7. The van der Waals surface area contributed by atoms with E-state index >= 15 is 0 Å². The van der Waals surface area contributed by atoms with Crippen molar-refractivity contribution in [3.05, 3.63) is 0 Å². The lowest BCUT2D eigenvalue weighted by molar-refractivity contribution is -0.302. The average Bonchev–Trinajstić information content (AvgIpc) is 2.30. The highest BCUT2D eigenvalue weighted by molar-refractivity contribution is 4.91. The van der Waals surface area contributed by atoms with E-state index in [2.05, 4.69) is 0 Å². The van der Waals surface area contributed by atoms with Crippen LogP contribution in [0.1, 0.15) is 0 Å². The molecule has 16 heavy (non-hydrogen) atoms. The molecular weight excluding hydrogens is 216 g/mol. The summed E-state index contributed by atoms with van der Waals surface area (Å²) < 4.78 is 26.1.